The molecule has 0 fully saturated rings. The first-order chi connectivity index (χ1) is 8.19. The maximum atomic E-state index is 13.2. The van der Waals surface area contributed by atoms with Crippen LogP contribution in [0.4, 0.5) is 4.39 Å². The largest absolute Gasteiger partial charge is 0.313 e. The normalized spacial score (nSPS) is 12.6. The zero-order valence-corrected chi connectivity index (χ0v) is 11.0. The predicted octanol–water partition coefficient (Wildman–Crippen LogP) is 4.04. The first-order valence-electron chi connectivity index (χ1n) is 5.36. The van der Waals surface area contributed by atoms with Crippen molar-refractivity contribution in [2.75, 3.05) is 7.05 Å². The van der Waals surface area contributed by atoms with Crippen molar-refractivity contribution >= 4 is 22.9 Å². The van der Waals surface area contributed by atoms with Crippen molar-refractivity contribution in [2.45, 2.75) is 12.5 Å². The van der Waals surface area contributed by atoms with Gasteiger partial charge in [-0.2, -0.15) is 0 Å². The quantitative estimate of drug-likeness (QED) is 0.883. The van der Waals surface area contributed by atoms with Crippen LogP contribution in [0, 0.1) is 5.82 Å². The lowest BCUT2D eigenvalue weighted by atomic mass is 10.0. The molecule has 0 aliphatic carbocycles. The lowest BCUT2D eigenvalue weighted by molar-refractivity contribution is 0.580. The van der Waals surface area contributed by atoms with Gasteiger partial charge in [-0.1, -0.05) is 23.7 Å². The van der Waals surface area contributed by atoms with Crippen molar-refractivity contribution in [1.29, 1.82) is 0 Å². The van der Waals surface area contributed by atoms with Crippen LogP contribution >= 0.6 is 22.9 Å². The van der Waals surface area contributed by atoms with E-state index in [0.29, 0.717) is 0 Å². The van der Waals surface area contributed by atoms with Crippen molar-refractivity contribution in [3.8, 4) is 0 Å². The summed E-state index contributed by atoms with van der Waals surface area (Å²) in [5.41, 5.74) is 0.956. The molecule has 1 aromatic carbocycles. The van der Waals surface area contributed by atoms with Gasteiger partial charge in [-0.05, 0) is 36.9 Å². The third kappa shape index (κ3) is 3.28. The van der Waals surface area contributed by atoms with E-state index in [-0.39, 0.29) is 11.9 Å². The van der Waals surface area contributed by atoms with Gasteiger partial charge in [0, 0.05) is 17.3 Å². The fourth-order valence-electron chi connectivity index (χ4n) is 1.77. The Labute approximate surface area is 109 Å². The molecule has 17 heavy (non-hydrogen) atoms. The molecule has 1 unspecified atom stereocenters. The van der Waals surface area contributed by atoms with E-state index in [1.807, 2.05) is 25.2 Å². The van der Waals surface area contributed by atoms with E-state index >= 15 is 0 Å². The van der Waals surface area contributed by atoms with Crippen LogP contribution in [0.5, 0.6) is 0 Å². The Hall–Kier alpha value is -0.900. The number of nitrogens with one attached hydrogen (secondary N) is 1. The summed E-state index contributed by atoms with van der Waals surface area (Å²) in [6.07, 6.45) is 0.817. The second-order valence-electron chi connectivity index (χ2n) is 3.81. The molecule has 0 saturated carbocycles. The molecule has 1 atom stereocenters. The SMILES string of the molecule is CNC(Cc1ccc(Cl)s1)c1cccc(F)c1. The van der Waals surface area contributed by atoms with Gasteiger partial charge in [0.2, 0.25) is 0 Å². The molecular weight excluding hydrogens is 257 g/mol. The van der Waals surface area contributed by atoms with E-state index in [2.05, 4.69) is 5.32 Å². The summed E-state index contributed by atoms with van der Waals surface area (Å²) in [7, 11) is 1.88. The maximum absolute atomic E-state index is 13.2. The molecule has 0 aliphatic heterocycles. The second kappa shape index (κ2) is 5.63. The molecule has 0 saturated heterocycles. The Morgan fingerprint density at radius 2 is 2.18 bits per heavy atom. The number of rotatable bonds is 4. The van der Waals surface area contributed by atoms with E-state index < -0.39 is 0 Å². The van der Waals surface area contributed by atoms with Crippen LogP contribution in [0.15, 0.2) is 36.4 Å². The van der Waals surface area contributed by atoms with Crippen molar-refractivity contribution < 1.29 is 4.39 Å². The summed E-state index contributed by atoms with van der Waals surface area (Å²) in [6.45, 7) is 0. The zero-order valence-electron chi connectivity index (χ0n) is 9.41. The Morgan fingerprint density at radius 3 is 2.76 bits per heavy atom. The molecule has 90 valence electrons. The molecular formula is C13H13ClFNS. The average molecular weight is 270 g/mol. The molecule has 2 aromatic rings. The summed E-state index contributed by atoms with van der Waals surface area (Å²) in [6, 6.07) is 10.7. The summed E-state index contributed by atoms with van der Waals surface area (Å²) < 4.78 is 13.9. The molecule has 1 aromatic heterocycles. The Bertz CT molecular complexity index is 498. The fraction of sp³-hybridized carbons (Fsp3) is 0.231. The fourth-order valence-corrected chi connectivity index (χ4v) is 2.91. The molecule has 0 spiro atoms. The van der Waals surface area contributed by atoms with Crippen LogP contribution in [0.25, 0.3) is 0 Å². The van der Waals surface area contributed by atoms with Crippen molar-refractivity contribution in [3.05, 3.63) is 57.0 Å². The highest BCUT2D eigenvalue weighted by Crippen LogP contribution is 2.26. The first-order valence-corrected chi connectivity index (χ1v) is 6.55. The summed E-state index contributed by atoms with van der Waals surface area (Å²) in [5, 5.41) is 3.20. The first kappa shape index (κ1) is 12.6. The van der Waals surface area contributed by atoms with E-state index in [1.165, 1.54) is 10.9 Å². The second-order valence-corrected chi connectivity index (χ2v) is 5.61. The number of benzene rings is 1. The van der Waals surface area contributed by atoms with E-state index in [4.69, 9.17) is 11.6 Å². The average Bonchev–Trinajstić information content (AvgIpc) is 2.72. The Morgan fingerprint density at radius 1 is 1.35 bits per heavy atom. The number of likely N-dealkylation sites (N-methyl/N-ethyl adjacent to an activating group) is 1. The van der Waals surface area contributed by atoms with Crippen LogP contribution in [-0.4, -0.2) is 7.05 Å². The van der Waals surface area contributed by atoms with Gasteiger partial charge in [-0.25, -0.2) is 4.39 Å². The van der Waals surface area contributed by atoms with Gasteiger partial charge >= 0.3 is 0 Å². The van der Waals surface area contributed by atoms with Crippen LogP contribution in [0.2, 0.25) is 4.34 Å². The summed E-state index contributed by atoms with van der Waals surface area (Å²) in [4.78, 5) is 1.19. The molecule has 2 rings (SSSR count). The highest BCUT2D eigenvalue weighted by Gasteiger charge is 2.12. The number of thiophene rings is 1. The molecule has 0 bridgehead atoms. The van der Waals surface area contributed by atoms with Gasteiger partial charge in [-0.15, -0.1) is 11.3 Å². The monoisotopic (exact) mass is 269 g/mol. The molecule has 0 radical (unpaired) electrons. The lowest BCUT2D eigenvalue weighted by Gasteiger charge is -2.15. The van der Waals surface area contributed by atoms with Crippen LogP contribution < -0.4 is 5.32 Å². The standard InChI is InChI=1S/C13H13ClFNS/c1-16-12(8-11-5-6-13(14)17-11)9-3-2-4-10(15)7-9/h2-7,12,16H,8H2,1H3. The van der Waals surface area contributed by atoms with Crippen molar-refractivity contribution in [2.24, 2.45) is 0 Å². The third-order valence-corrected chi connectivity index (χ3v) is 3.89. The van der Waals surface area contributed by atoms with Gasteiger partial charge in [-0.3, -0.25) is 0 Å². The Kier molecular flexibility index (Phi) is 4.15. The Balaban J connectivity index is 2.16. The van der Waals surface area contributed by atoms with Crippen LogP contribution in [0.1, 0.15) is 16.5 Å². The summed E-state index contributed by atoms with van der Waals surface area (Å²) in [5.74, 6) is -0.202. The predicted molar refractivity (Wildman–Crippen MR) is 71.2 cm³/mol. The van der Waals surface area contributed by atoms with Gasteiger partial charge in [0.05, 0.1) is 4.34 Å². The maximum Gasteiger partial charge on any atom is 0.123 e. The lowest BCUT2D eigenvalue weighted by Crippen LogP contribution is -2.18. The van der Waals surface area contributed by atoms with E-state index in [1.54, 1.807) is 23.5 Å². The molecule has 0 aliphatic rings. The zero-order chi connectivity index (χ0) is 12.3. The van der Waals surface area contributed by atoms with Crippen LogP contribution in [0.3, 0.4) is 0 Å². The van der Waals surface area contributed by atoms with Crippen LogP contribution in [-0.2, 0) is 6.42 Å². The van der Waals surface area contributed by atoms with Gasteiger partial charge in [0.15, 0.2) is 0 Å². The van der Waals surface area contributed by atoms with Gasteiger partial charge < -0.3 is 5.32 Å². The topological polar surface area (TPSA) is 12.0 Å². The minimum absolute atomic E-state index is 0.111. The number of hydrogen-bond acceptors (Lipinski definition) is 2. The van der Waals surface area contributed by atoms with Gasteiger partial charge in [0.25, 0.3) is 0 Å². The van der Waals surface area contributed by atoms with Crippen molar-refractivity contribution in [1.82, 2.24) is 5.32 Å². The molecule has 1 heterocycles. The molecule has 1 N–H and O–H groups in total. The minimum Gasteiger partial charge on any atom is -0.313 e. The molecule has 0 amide bonds. The van der Waals surface area contributed by atoms with Gasteiger partial charge in [0.1, 0.15) is 5.82 Å². The highest BCUT2D eigenvalue weighted by molar-refractivity contribution is 7.16. The highest BCUT2D eigenvalue weighted by atomic mass is 35.5. The minimum atomic E-state index is -0.202. The van der Waals surface area contributed by atoms with Crippen molar-refractivity contribution in [3.63, 3.8) is 0 Å². The molecule has 4 heteroatoms. The number of halogens is 2. The third-order valence-electron chi connectivity index (χ3n) is 2.63. The van der Waals surface area contributed by atoms with E-state index in [0.717, 1.165) is 16.3 Å². The number of hydrogen-bond donors (Lipinski definition) is 1. The van der Waals surface area contributed by atoms with E-state index in [9.17, 15) is 4.39 Å². The summed E-state index contributed by atoms with van der Waals surface area (Å²) >= 11 is 7.46. The molecule has 1 nitrogen and oxygen atoms in total. The smallest absolute Gasteiger partial charge is 0.123 e.